The molecule has 3 aromatic rings. The number of nitrogens with two attached hydrogens (primary N) is 2. The monoisotopic (exact) mass is 320 g/mol. The van der Waals surface area contributed by atoms with Gasteiger partial charge in [0.05, 0.1) is 0 Å². The Bertz CT molecular complexity index is 823. The van der Waals surface area contributed by atoms with Gasteiger partial charge in [-0.15, -0.1) is 0 Å². The summed E-state index contributed by atoms with van der Waals surface area (Å²) >= 11 is 0. The summed E-state index contributed by atoms with van der Waals surface area (Å²) in [5.41, 5.74) is 16.7. The molecular weight excluding hydrogens is 299 g/mol. The van der Waals surface area contributed by atoms with E-state index in [1.54, 1.807) is 18.2 Å². The van der Waals surface area contributed by atoms with Crippen LogP contribution in [0, 0.1) is 5.82 Å². The average molecular weight is 320 g/mol. The number of hydrogen-bond acceptors (Lipinski definition) is 2. The summed E-state index contributed by atoms with van der Waals surface area (Å²) in [6, 6.07) is 20.6. The van der Waals surface area contributed by atoms with E-state index in [4.69, 9.17) is 11.5 Å². The Morgan fingerprint density at radius 3 is 2.00 bits per heavy atom. The van der Waals surface area contributed by atoms with E-state index in [2.05, 4.69) is 6.92 Å². The predicted molar refractivity (Wildman–Crippen MR) is 98.9 cm³/mol. The number of halogens is 1. The van der Waals surface area contributed by atoms with Crippen molar-refractivity contribution in [2.45, 2.75) is 19.4 Å². The molecular formula is C21H21FN2. The third-order valence-electron chi connectivity index (χ3n) is 4.30. The van der Waals surface area contributed by atoms with Gasteiger partial charge in [-0.1, -0.05) is 55.5 Å². The topological polar surface area (TPSA) is 52.0 Å². The summed E-state index contributed by atoms with van der Waals surface area (Å²) in [7, 11) is 0. The van der Waals surface area contributed by atoms with Gasteiger partial charge in [-0.05, 0) is 46.9 Å². The van der Waals surface area contributed by atoms with Crippen molar-refractivity contribution in [2.24, 2.45) is 5.73 Å². The van der Waals surface area contributed by atoms with Crippen LogP contribution in [0.3, 0.4) is 0 Å². The van der Waals surface area contributed by atoms with Gasteiger partial charge in [-0.2, -0.15) is 0 Å². The Hall–Kier alpha value is -2.65. The van der Waals surface area contributed by atoms with Crippen LogP contribution in [0.25, 0.3) is 22.3 Å². The Balaban J connectivity index is 1.90. The fraction of sp³-hybridized carbons (Fsp3) is 0.143. The maximum absolute atomic E-state index is 14.5. The van der Waals surface area contributed by atoms with Gasteiger partial charge in [-0.25, -0.2) is 4.39 Å². The molecule has 3 heteroatoms. The minimum absolute atomic E-state index is 0.0451. The van der Waals surface area contributed by atoms with Crippen LogP contribution < -0.4 is 11.5 Å². The Morgan fingerprint density at radius 2 is 1.42 bits per heavy atom. The summed E-state index contributed by atoms with van der Waals surface area (Å²) < 4.78 is 14.5. The first-order chi connectivity index (χ1) is 11.6. The summed E-state index contributed by atoms with van der Waals surface area (Å²) in [6.45, 7) is 2.06. The van der Waals surface area contributed by atoms with Crippen LogP contribution >= 0.6 is 0 Å². The Kier molecular flexibility index (Phi) is 4.63. The van der Waals surface area contributed by atoms with Gasteiger partial charge in [0.2, 0.25) is 0 Å². The lowest BCUT2D eigenvalue weighted by Gasteiger charge is -2.11. The number of anilines is 1. The standard InChI is InChI=1S/C21H21FN2/c1-2-21(24)16-5-3-14(4-6-16)17-9-12-19(20(22)13-17)15-7-10-18(23)11-8-15/h3-13,21H,2,23-24H2,1H3. The summed E-state index contributed by atoms with van der Waals surface area (Å²) in [5, 5.41) is 0. The van der Waals surface area contributed by atoms with Crippen LogP contribution in [0.2, 0.25) is 0 Å². The molecule has 3 aromatic carbocycles. The third kappa shape index (κ3) is 3.31. The lowest BCUT2D eigenvalue weighted by Crippen LogP contribution is -2.08. The number of nitrogen functional groups attached to an aromatic ring is 1. The van der Waals surface area contributed by atoms with Gasteiger partial charge in [0.25, 0.3) is 0 Å². The average Bonchev–Trinajstić information content (AvgIpc) is 2.62. The van der Waals surface area contributed by atoms with Crippen molar-refractivity contribution >= 4 is 5.69 Å². The molecule has 0 aromatic heterocycles. The van der Waals surface area contributed by atoms with Crippen molar-refractivity contribution in [3.05, 3.63) is 78.1 Å². The first-order valence-corrected chi connectivity index (χ1v) is 8.10. The Labute approximate surface area is 141 Å². The van der Waals surface area contributed by atoms with E-state index in [1.165, 1.54) is 0 Å². The quantitative estimate of drug-likeness (QED) is 0.653. The van der Waals surface area contributed by atoms with E-state index in [1.807, 2.05) is 48.5 Å². The summed E-state index contributed by atoms with van der Waals surface area (Å²) in [5.74, 6) is -0.244. The van der Waals surface area contributed by atoms with Crippen LogP contribution in [0.5, 0.6) is 0 Å². The largest absolute Gasteiger partial charge is 0.399 e. The molecule has 4 N–H and O–H groups in total. The number of rotatable bonds is 4. The molecule has 0 saturated carbocycles. The minimum atomic E-state index is -0.244. The van der Waals surface area contributed by atoms with Gasteiger partial charge in [0.1, 0.15) is 5.82 Å². The highest BCUT2D eigenvalue weighted by Crippen LogP contribution is 2.29. The van der Waals surface area contributed by atoms with E-state index in [0.717, 1.165) is 28.7 Å². The van der Waals surface area contributed by atoms with E-state index >= 15 is 0 Å². The van der Waals surface area contributed by atoms with Gasteiger partial charge in [-0.3, -0.25) is 0 Å². The van der Waals surface area contributed by atoms with Crippen molar-refractivity contribution in [1.29, 1.82) is 0 Å². The van der Waals surface area contributed by atoms with Crippen LogP contribution in [0.1, 0.15) is 24.9 Å². The highest BCUT2D eigenvalue weighted by Gasteiger charge is 2.08. The molecule has 0 fully saturated rings. The van der Waals surface area contributed by atoms with Crippen LogP contribution in [0.15, 0.2) is 66.7 Å². The smallest absolute Gasteiger partial charge is 0.131 e. The van der Waals surface area contributed by atoms with Crippen LogP contribution in [0.4, 0.5) is 10.1 Å². The van der Waals surface area contributed by atoms with Gasteiger partial charge >= 0.3 is 0 Å². The molecule has 0 radical (unpaired) electrons. The molecule has 24 heavy (non-hydrogen) atoms. The van der Waals surface area contributed by atoms with Crippen molar-refractivity contribution in [3.63, 3.8) is 0 Å². The molecule has 0 spiro atoms. The van der Waals surface area contributed by atoms with E-state index in [0.29, 0.717) is 11.3 Å². The normalized spacial score (nSPS) is 12.1. The Morgan fingerprint density at radius 1 is 0.833 bits per heavy atom. The SMILES string of the molecule is CCC(N)c1ccc(-c2ccc(-c3ccc(N)cc3)c(F)c2)cc1. The maximum atomic E-state index is 14.5. The molecule has 0 aliphatic rings. The molecule has 122 valence electrons. The van der Waals surface area contributed by atoms with E-state index in [-0.39, 0.29) is 11.9 Å². The molecule has 1 atom stereocenters. The highest BCUT2D eigenvalue weighted by atomic mass is 19.1. The van der Waals surface area contributed by atoms with Gasteiger partial charge in [0.15, 0.2) is 0 Å². The second-order valence-electron chi connectivity index (χ2n) is 5.95. The zero-order valence-corrected chi connectivity index (χ0v) is 13.7. The minimum Gasteiger partial charge on any atom is -0.399 e. The van der Waals surface area contributed by atoms with Crippen molar-refractivity contribution in [3.8, 4) is 22.3 Å². The molecule has 0 amide bonds. The first kappa shape index (κ1) is 16.2. The maximum Gasteiger partial charge on any atom is 0.131 e. The van der Waals surface area contributed by atoms with Crippen molar-refractivity contribution in [1.82, 2.24) is 0 Å². The molecule has 1 unspecified atom stereocenters. The highest BCUT2D eigenvalue weighted by molar-refractivity contribution is 5.72. The molecule has 0 bridgehead atoms. The van der Waals surface area contributed by atoms with Crippen LogP contribution in [-0.4, -0.2) is 0 Å². The molecule has 2 nitrogen and oxygen atoms in total. The second kappa shape index (κ2) is 6.85. The lowest BCUT2D eigenvalue weighted by atomic mass is 9.97. The first-order valence-electron chi connectivity index (χ1n) is 8.10. The zero-order chi connectivity index (χ0) is 17.1. The van der Waals surface area contributed by atoms with Crippen molar-refractivity contribution in [2.75, 3.05) is 5.73 Å². The van der Waals surface area contributed by atoms with Gasteiger partial charge in [0, 0.05) is 17.3 Å². The number of benzene rings is 3. The molecule has 0 saturated heterocycles. The fourth-order valence-corrected chi connectivity index (χ4v) is 2.75. The second-order valence-corrected chi connectivity index (χ2v) is 5.95. The molecule has 3 rings (SSSR count). The van der Waals surface area contributed by atoms with Crippen LogP contribution in [-0.2, 0) is 0 Å². The number of hydrogen-bond donors (Lipinski definition) is 2. The summed E-state index contributed by atoms with van der Waals surface area (Å²) in [4.78, 5) is 0. The molecule has 0 aliphatic carbocycles. The van der Waals surface area contributed by atoms with E-state index < -0.39 is 0 Å². The van der Waals surface area contributed by atoms with Crippen molar-refractivity contribution < 1.29 is 4.39 Å². The van der Waals surface area contributed by atoms with Gasteiger partial charge < -0.3 is 11.5 Å². The summed E-state index contributed by atoms with van der Waals surface area (Å²) in [6.07, 6.45) is 0.893. The molecule has 0 aliphatic heterocycles. The predicted octanol–water partition coefficient (Wildman–Crippen LogP) is 5.15. The van der Waals surface area contributed by atoms with E-state index in [9.17, 15) is 4.39 Å². The zero-order valence-electron chi connectivity index (χ0n) is 13.7. The lowest BCUT2D eigenvalue weighted by molar-refractivity contribution is 0.632. The molecule has 0 heterocycles. The third-order valence-corrected chi connectivity index (χ3v) is 4.30. The fourth-order valence-electron chi connectivity index (χ4n) is 2.75.